The molecule has 0 unspecified atom stereocenters. The number of amides is 1. The molecule has 0 saturated carbocycles. The van der Waals surface area contributed by atoms with Gasteiger partial charge in [-0.2, -0.15) is 0 Å². The molecular formula is C18H22N4O2. The quantitative estimate of drug-likeness (QED) is 0.779. The van der Waals surface area contributed by atoms with Crippen molar-refractivity contribution in [3.05, 3.63) is 53.7 Å². The maximum Gasteiger partial charge on any atom is 0.248 e. The summed E-state index contributed by atoms with van der Waals surface area (Å²) in [6.45, 7) is 2.17. The van der Waals surface area contributed by atoms with Crippen molar-refractivity contribution >= 4 is 17.4 Å². The Labute approximate surface area is 141 Å². The molecule has 6 heteroatoms. The van der Waals surface area contributed by atoms with E-state index >= 15 is 0 Å². The zero-order valence-electron chi connectivity index (χ0n) is 13.5. The number of benzene rings is 1. The summed E-state index contributed by atoms with van der Waals surface area (Å²) in [5.74, 6) is 0.473. The van der Waals surface area contributed by atoms with E-state index in [0.29, 0.717) is 12.1 Å². The summed E-state index contributed by atoms with van der Waals surface area (Å²) in [5.41, 5.74) is 7.76. The zero-order valence-corrected chi connectivity index (χ0v) is 13.5. The Morgan fingerprint density at radius 3 is 2.83 bits per heavy atom. The van der Waals surface area contributed by atoms with Gasteiger partial charge in [-0.3, -0.25) is 4.79 Å². The number of aliphatic hydroxyl groups is 1. The number of rotatable bonds is 5. The number of aromatic nitrogens is 1. The Hall–Kier alpha value is -2.60. The first-order valence-corrected chi connectivity index (χ1v) is 8.14. The average molecular weight is 326 g/mol. The van der Waals surface area contributed by atoms with Crippen LogP contribution in [0.2, 0.25) is 0 Å². The molecular weight excluding hydrogens is 304 g/mol. The van der Waals surface area contributed by atoms with E-state index in [1.54, 1.807) is 18.3 Å². The summed E-state index contributed by atoms with van der Waals surface area (Å²) in [5, 5.41) is 13.1. The fraction of sp³-hybridized carbons (Fsp3) is 0.333. The molecule has 0 spiro atoms. The Bertz CT molecular complexity index is 712. The SMILES string of the molecule is NC(=O)c1cccc(CNc2cccnc2N2CCC(O)CC2)c1. The Morgan fingerprint density at radius 2 is 2.08 bits per heavy atom. The van der Waals surface area contributed by atoms with Crippen molar-refractivity contribution in [3.63, 3.8) is 0 Å². The van der Waals surface area contributed by atoms with Gasteiger partial charge in [0.2, 0.25) is 5.91 Å². The number of nitrogens with one attached hydrogen (secondary N) is 1. The van der Waals surface area contributed by atoms with Crippen LogP contribution in [0.25, 0.3) is 0 Å². The Balaban J connectivity index is 1.71. The van der Waals surface area contributed by atoms with Crippen molar-refractivity contribution in [2.75, 3.05) is 23.3 Å². The van der Waals surface area contributed by atoms with Gasteiger partial charge in [0.1, 0.15) is 0 Å². The molecule has 1 aromatic carbocycles. The molecule has 2 heterocycles. The van der Waals surface area contributed by atoms with Crippen LogP contribution in [0.1, 0.15) is 28.8 Å². The van der Waals surface area contributed by atoms with Crippen LogP contribution in [0.5, 0.6) is 0 Å². The molecule has 0 radical (unpaired) electrons. The number of nitrogens with zero attached hydrogens (tertiary/aromatic N) is 2. The van der Waals surface area contributed by atoms with Gasteiger partial charge in [0, 0.05) is 31.4 Å². The number of aliphatic hydroxyl groups excluding tert-OH is 1. The number of pyridine rings is 1. The van der Waals surface area contributed by atoms with Crippen molar-refractivity contribution in [1.29, 1.82) is 0 Å². The van der Waals surface area contributed by atoms with Crippen LogP contribution in [-0.2, 0) is 6.54 Å². The monoisotopic (exact) mass is 326 g/mol. The molecule has 3 rings (SSSR count). The van der Waals surface area contributed by atoms with Gasteiger partial charge in [-0.25, -0.2) is 4.98 Å². The third kappa shape index (κ3) is 3.83. The maximum absolute atomic E-state index is 11.3. The first-order chi connectivity index (χ1) is 11.6. The lowest BCUT2D eigenvalue weighted by atomic mass is 10.1. The van der Waals surface area contributed by atoms with E-state index in [1.807, 2.05) is 24.3 Å². The minimum absolute atomic E-state index is 0.210. The standard InChI is InChI=1S/C18H22N4O2/c19-17(24)14-4-1-3-13(11-14)12-21-16-5-2-8-20-18(16)22-9-6-15(23)7-10-22/h1-5,8,11,15,21,23H,6-7,9-10,12H2,(H2,19,24). The number of piperidine rings is 1. The summed E-state index contributed by atoms with van der Waals surface area (Å²) in [6, 6.07) is 11.2. The number of carbonyl (C=O) groups excluding carboxylic acids is 1. The molecule has 24 heavy (non-hydrogen) atoms. The summed E-state index contributed by atoms with van der Waals surface area (Å²) in [4.78, 5) is 18.0. The first-order valence-electron chi connectivity index (χ1n) is 8.14. The van der Waals surface area contributed by atoms with Crippen LogP contribution >= 0.6 is 0 Å². The van der Waals surface area contributed by atoms with E-state index in [4.69, 9.17) is 5.73 Å². The second-order valence-corrected chi connectivity index (χ2v) is 6.01. The van der Waals surface area contributed by atoms with Crippen LogP contribution in [0.3, 0.4) is 0 Å². The highest BCUT2D eigenvalue weighted by Gasteiger charge is 2.20. The summed E-state index contributed by atoms with van der Waals surface area (Å²) in [7, 11) is 0. The average Bonchev–Trinajstić information content (AvgIpc) is 2.61. The van der Waals surface area contributed by atoms with Crippen LogP contribution < -0.4 is 16.0 Å². The van der Waals surface area contributed by atoms with Gasteiger partial charge in [-0.1, -0.05) is 12.1 Å². The number of anilines is 2. The Morgan fingerprint density at radius 1 is 1.29 bits per heavy atom. The maximum atomic E-state index is 11.3. The number of primary amides is 1. The molecule has 4 N–H and O–H groups in total. The molecule has 0 atom stereocenters. The van der Waals surface area contributed by atoms with E-state index in [1.165, 1.54) is 0 Å². The van der Waals surface area contributed by atoms with Crippen molar-refractivity contribution in [3.8, 4) is 0 Å². The van der Waals surface area contributed by atoms with Gasteiger partial charge in [0.25, 0.3) is 0 Å². The topological polar surface area (TPSA) is 91.5 Å². The number of nitrogens with two attached hydrogens (primary N) is 1. The molecule has 1 amide bonds. The molecule has 1 aromatic heterocycles. The van der Waals surface area contributed by atoms with Crippen LogP contribution in [0.4, 0.5) is 11.5 Å². The molecule has 0 aliphatic carbocycles. The van der Waals surface area contributed by atoms with Crippen molar-refractivity contribution in [1.82, 2.24) is 4.98 Å². The lowest BCUT2D eigenvalue weighted by Crippen LogP contribution is -2.36. The highest BCUT2D eigenvalue weighted by atomic mass is 16.3. The van der Waals surface area contributed by atoms with E-state index in [9.17, 15) is 9.90 Å². The van der Waals surface area contributed by atoms with Gasteiger partial charge in [-0.15, -0.1) is 0 Å². The predicted octanol–water partition coefficient (Wildman–Crippen LogP) is 1.75. The lowest BCUT2D eigenvalue weighted by molar-refractivity contribution is 0.1000. The van der Waals surface area contributed by atoms with Crippen LogP contribution in [-0.4, -0.2) is 35.2 Å². The highest BCUT2D eigenvalue weighted by molar-refractivity contribution is 5.92. The molecule has 1 fully saturated rings. The van der Waals surface area contributed by atoms with Crippen LogP contribution in [0.15, 0.2) is 42.6 Å². The minimum atomic E-state index is -0.425. The smallest absolute Gasteiger partial charge is 0.248 e. The summed E-state index contributed by atoms with van der Waals surface area (Å²) < 4.78 is 0. The molecule has 6 nitrogen and oxygen atoms in total. The van der Waals surface area contributed by atoms with Crippen LogP contribution in [0, 0.1) is 0 Å². The minimum Gasteiger partial charge on any atom is -0.393 e. The highest BCUT2D eigenvalue weighted by Crippen LogP contribution is 2.26. The fourth-order valence-corrected chi connectivity index (χ4v) is 2.90. The lowest BCUT2D eigenvalue weighted by Gasteiger charge is -2.31. The third-order valence-electron chi connectivity index (χ3n) is 4.25. The zero-order chi connectivity index (χ0) is 16.9. The molecule has 1 aliphatic heterocycles. The summed E-state index contributed by atoms with van der Waals surface area (Å²) >= 11 is 0. The van der Waals surface area contributed by atoms with Gasteiger partial charge in [0.15, 0.2) is 5.82 Å². The second-order valence-electron chi connectivity index (χ2n) is 6.01. The van der Waals surface area contributed by atoms with Crippen molar-refractivity contribution in [2.24, 2.45) is 5.73 Å². The van der Waals surface area contributed by atoms with Gasteiger partial charge in [-0.05, 0) is 42.7 Å². The number of carbonyl (C=O) groups is 1. The molecule has 126 valence electrons. The third-order valence-corrected chi connectivity index (χ3v) is 4.25. The van der Waals surface area contributed by atoms with Gasteiger partial charge in [0.05, 0.1) is 11.8 Å². The summed E-state index contributed by atoms with van der Waals surface area (Å²) in [6.07, 6.45) is 3.09. The molecule has 2 aromatic rings. The van der Waals surface area contributed by atoms with E-state index in [2.05, 4.69) is 15.2 Å². The fourth-order valence-electron chi connectivity index (χ4n) is 2.90. The molecule has 0 bridgehead atoms. The molecule has 1 aliphatic rings. The van der Waals surface area contributed by atoms with Crippen molar-refractivity contribution < 1.29 is 9.90 Å². The van der Waals surface area contributed by atoms with E-state index < -0.39 is 5.91 Å². The normalized spacial score (nSPS) is 15.3. The second kappa shape index (κ2) is 7.31. The molecule has 1 saturated heterocycles. The number of hydrogen-bond acceptors (Lipinski definition) is 5. The predicted molar refractivity (Wildman–Crippen MR) is 94.0 cm³/mol. The van der Waals surface area contributed by atoms with E-state index in [0.717, 1.165) is 43.0 Å². The Kier molecular flexibility index (Phi) is 4.96. The largest absolute Gasteiger partial charge is 0.393 e. The first kappa shape index (κ1) is 16.3. The van der Waals surface area contributed by atoms with Crippen molar-refractivity contribution in [2.45, 2.75) is 25.5 Å². The van der Waals surface area contributed by atoms with Gasteiger partial charge >= 0.3 is 0 Å². The van der Waals surface area contributed by atoms with E-state index in [-0.39, 0.29) is 6.10 Å². The number of hydrogen-bond donors (Lipinski definition) is 3. The van der Waals surface area contributed by atoms with Gasteiger partial charge < -0.3 is 21.1 Å².